The summed E-state index contributed by atoms with van der Waals surface area (Å²) in [6.45, 7) is 8.70. The van der Waals surface area contributed by atoms with Crippen LogP contribution in [0.5, 0.6) is 0 Å². The van der Waals surface area contributed by atoms with E-state index in [0.29, 0.717) is 0 Å². The normalized spacial score (nSPS) is 10.4. The Bertz CT molecular complexity index is 842. The third kappa shape index (κ3) is 6.43. The van der Waals surface area contributed by atoms with Crippen LogP contribution in [0, 0.1) is 0 Å². The Labute approximate surface area is 207 Å². The molecule has 1 heterocycles. The lowest BCUT2D eigenvalue weighted by atomic mass is 10.1. The van der Waals surface area contributed by atoms with E-state index in [1.54, 1.807) is 0 Å². The average Bonchev–Trinajstić information content (AvgIpc) is 2.68. The monoisotopic (exact) mass is 623 g/mol. The molecule has 28 heavy (non-hydrogen) atoms. The van der Waals surface area contributed by atoms with E-state index in [-0.39, 0.29) is 48.0 Å². The molecule has 0 aliphatic carbocycles. The van der Waals surface area contributed by atoms with Gasteiger partial charge < -0.3 is 9.80 Å². The molecule has 0 spiro atoms. The molecule has 0 amide bonds. The zero-order valence-electron chi connectivity index (χ0n) is 16.3. The molecular weight excluding hydrogens is 596 g/mol. The molecule has 0 aliphatic rings. The Morgan fingerprint density at radius 1 is 0.893 bits per heavy atom. The highest BCUT2D eigenvalue weighted by atomic mass is 127. The molecule has 0 atom stereocenters. The molecule has 0 N–H and O–H groups in total. The van der Waals surface area contributed by atoms with Gasteiger partial charge in [-0.05, 0) is 62.5 Å². The molecule has 0 saturated heterocycles. The van der Waals surface area contributed by atoms with Crippen molar-refractivity contribution in [2.45, 2.75) is 20.3 Å². The number of benzene rings is 2. The Morgan fingerprint density at radius 3 is 2.29 bits per heavy atom. The third-order valence-corrected chi connectivity index (χ3v) is 5.03. The second kappa shape index (κ2) is 12.8. The summed E-state index contributed by atoms with van der Waals surface area (Å²) >= 11 is 6.16. The highest BCUT2D eigenvalue weighted by Crippen LogP contribution is 2.32. The predicted molar refractivity (Wildman–Crippen MR) is 143 cm³/mol. The van der Waals surface area contributed by atoms with Crippen molar-refractivity contribution >= 4 is 81.8 Å². The summed E-state index contributed by atoms with van der Waals surface area (Å²) in [6.07, 6.45) is 2.97. The van der Waals surface area contributed by atoms with E-state index in [1.165, 1.54) is 11.4 Å². The molecule has 3 nitrogen and oxygen atoms in total. The molecular formula is C22H28ClI2N3. The zero-order chi connectivity index (χ0) is 18.4. The Morgan fingerprint density at radius 2 is 1.61 bits per heavy atom. The van der Waals surface area contributed by atoms with Gasteiger partial charge in [0.1, 0.15) is 0 Å². The van der Waals surface area contributed by atoms with E-state index in [2.05, 4.69) is 71.1 Å². The van der Waals surface area contributed by atoms with E-state index >= 15 is 0 Å². The van der Waals surface area contributed by atoms with Crippen LogP contribution in [-0.2, 0) is 0 Å². The molecule has 0 unspecified atom stereocenters. The molecule has 2 aromatic carbocycles. The van der Waals surface area contributed by atoms with Crippen molar-refractivity contribution in [2.75, 3.05) is 31.1 Å². The van der Waals surface area contributed by atoms with Gasteiger partial charge in [-0.15, -0.1) is 48.0 Å². The topological polar surface area (TPSA) is 19.4 Å². The number of hydrogen-bond acceptors (Lipinski definition) is 3. The largest absolute Gasteiger partial charge is 0.341 e. The summed E-state index contributed by atoms with van der Waals surface area (Å²) in [6, 6.07) is 18.6. The van der Waals surface area contributed by atoms with Gasteiger partial charge in [0, 0.05) is 28.8 Å². The van der Waals surface area contributed by atoms with Crippen molar-refractivity contribution in [2.24, 2.45) is 0 Å². The van der Waals surface area contributed by atoms with Gasteiger partial charge >= 0.3 is 0 Å². The highest BCUT2D eigenvalue weighted by Gasteiger charge is 2.13. The van der Waals surface area contributed by atoms with Crippen molar-refractivity contribution in [3.05, 3.63) is 65.8 Å². The number of hydrogen-bond donors (Lipinski definition) is 0. The molecule has 0 fully saturated rings. The molecule has 0 saturated carbocycles. The predicted octanol–water partition coefficient (Wildman–Crippen LogP) is 6.99. The number of aromatic nitrogens is 1. The first-order valence-corrected chi connectivity index (χ1v) is 9.70. The van der Waals surface area contributed by atoms with E-state index in [0.717, 1.165) is 48.5 Å². The smallest absolute Gasteiger partial charge is 0.0737 e. The molecule has 6 heteroatoms. The second-order valence-corrected chi connectivity index (χ2v) is 6.80. The van der Waals surface area contributed by atoms with Gasteiger partial charge in [0.15, 0.2) is 0 Å². The molecule has 0 bridgehead atoms. The summed E-state index contributed by atoms with van der Waals surface area (Å²) in [5, 5.41) is 1.85. The van der Waals surface area contributed by atoms with Gasteiger partial charge in [0.05, 0.1) is 11.2 Å². The maximum absolute atomic E-state index is 6.16. The zero-order valence-corrected chi connectivity index (χ0v) is 21.8. The SMILES string of the molecule is CCN(CC)CCCN(c1ccccc1)c1ccnc2cc(Cl)ccc12.I.I. The Balaban J connectivity index is 0.00000196. The minimum absolute atomic E-state index is 0. The summed E-state index contributed by atoms with van der Waals surface area (Å²) in [5.41, 5.74) is 3.31. The second-order valence-electron chi connectivity index (χ2n) is 6.36. The lowest BCUT2D eigenvalue weighted by Gasteiger charge is -2.27. The first kappa shape index (κ1) is 25.4. The van der Waals surface area contributed by atoms with Crippen molar-refractivity contribution in [1.82, 2.24) is 9.88 Å². The van der Waals surface area contributed by atoms with Crippen LogP contribution in [0.15, 0.2) is 60.8 Å². The van der Waals surface area contributed by atoms with E-state index in [9.17, 15) is 0 Å². The van der Waals surface area contributed by atoms with Crippen molar-refractivity contribution in [3.63, 3.8) is 0 Å². The van der Waals surface area contributed by atoms with E-state index in [4.69, 9.17) is 11.6 Å². The summed E-state index contributed by atoms with van der Waals surface area (Å²) < 4.78 is 0. The maximum Gasteiger partial charge on any atom is 0.0737 e. The summed E-state index contributed by atoms with van der Waals surface area (Å²) in [5.74, 6) is 0. The first-order valence-electron chi connectivity index (χ1n) is 9.32. The molecule has 152 valence electrons. The standard InChI is InChI=1S/C22H26ClN3.2HI/c1-3-25(4-2)15-8-16-26(19-9-6-5-7-10-19)22-13-14-24-21-17-18(23)11-12-20(21)22;;/h5-7,9-14,17H,3-4,8,15-16H2,1-2H3;2*1H. The van der Waals surface area contributed by atoms with Crippen molar-refractivity contribution in [3.8, 4) is 0 Å². The lowest BCUT2D eigenvalue weighted by Crippen LogP contribution is -2.28. The minimum atomic E-state index is 0. The van der Waals surface area contributed by atoms with Crippen LogP contribution in [0.3, 0.4) is 0 Å². The van der Waals surface area contributed by atoms with Crippen LogP contribution in [0.25, 0.3) is 10.9 Å². The molecule has 3 rings (SSSR count). The quantitative estimate of drug-likeness (QED) is 0.252. The number of fused-ring (bicyclic) bond motifs is 1. The van der Waals surface area contributed by atoms with Gasteiger partial charge in [0.2, 0.25) is 0 Å². The number of para-hydroxylation sites is 1. The molecule has 1 aromatic heterocycles. The fourth-order valence-electron chi connectivity index (χ4n) is 3.33. The van der Waals surface area contributed by atoms with Gasteiger partial charge in [0.25, 0.3) is 0 Å². The lowest BCUT2D eigenvalue weighted by molar-refractivity contribution is 0.301. The fraction of sp³-hybridized carbons (Fsp3) is 0.318. The summed E-state index contributed by atoms with van der Waals surface area (Å²) in [7, 11) is 0. The maximum atomic E-state index is 6.16. The van der Waals surface area contributed by atoms with Crippen LogP contribution >= 0.6 is 59.6 Å². The van der Waals surface area contributed by atoms with Crippen molar-refractivity contribution in [1.29, 1.82) is 0 Å². The molecule has 0 radical (unpaired) electrons. The van der Waals surface area contributed by atoms with Gasteiger partial charge in [-0.1, -0.05) is 43.6 Å². The van der Waals surface area contributed by atoms with Gasteiger partial charge in [-0.2, -0.15) is 0 Å². The minimum Gasteiger partial charge on any atom is -0.341 e. The Kier molecular flexibility index (Phi) is 11.6. The highest BCUT2D eigenvalue weighted by molar-refractivity contribution is 14.0. The van der Waals surface area contributed by atoms with Crippen LogP contribution in [-0.4, -0.2) is 36.1 Å². The van der Waals surface area contributed by atoms with Crippen LogP contribution in [0.2, 0.25) is 5.02 Å². The number of halogens is 3. The number of rotatable bonds is 8. The number of pyridine rings is 1. The van der Waals surface area contributed by atoms with Gasteiger partial charge in [-0.3, -0.25) is 4.98 Å². The van der Waals surface area contributed by atoms with Crippen LogP contribution in [0.1, 0.15) is 20.3 Å². The average molecular weight is 624 g/mol. The van der Waals surface area contributed by atoms with Crippen LogP contribution < -0.4 is 4.90 Å². The first-order chi connectivity index (χ1) is 12.7. The van der Waals surface area contributed by atoms with E-state index in [1.807, 2.05) is 18.3 Å². The molecule has 0 aliphatic heterocycles. The number of anilines is 2. The number of nitrogens with zero attached hydrogens (tertiary/aromatic N) is 3. The molecule has 3 aromatic rings. The van der Waals surface area contributed by atoms with Crippen molar-refractivity contribution < 1.29 is 0 Å². The van der Waals surface area contributed by atoms with E-state index < -0.39 is 0 Å². The Hall–Kier alpha value is -0.640. The third-order valence-electron chi connectivity index (χ3n) is 4.79. The summed E-state index contributed by atoms with van der Waals surface area (Å²) in [4.78, 5) is 9.35. The van der Waals surface area contributed by atoms with Crippen LogP contribution in [0.4, 0.5) is 11.4 Å². The fourth-order valence-corrected chi connectivity index (χ4v) is 3.50. The van der Waals surface area contributed by atoms with Gasteiger partial charge in [-0.25, -0.2) is 0 Å².